The van der Waals surface area contributed by atoms with Gasteiger partial charge in [0.2, 0.25) is 5.95 Å². The Morgan fingerprint density at radius 3 is 2.74 bits per heavy atom. The highest BCUT2D eigenvalue weighted by Gasteiger charge is 2.09. The Bertz CT molecular complexity index is 1010. The molecule has 0 aliphatic carbocycles. The monoisotopic (exact) mass is 364 g/mol. The summed E-state index contributed by atoms with van der Waals surface area (Å²) in [5.74, 6) is 0.275. The van der Waals surface area contributed by atoms with Gasteiger partial charge in [0.25, 0.3) is 0 Å². The molecule has 4 nitrogen and oxygen atoms in total. The van der Waals surface area contributed by atoms with Gasteiger partial charge in [0.15, 0.2) is 0 Å². The third-order valence-electron chi connectivity index (χ3n) is 3.77. The fourth-order valence-corrected chi connectivity index (χ4v) is 3.26. The Morgan fingerprint density at radius 1 is 1.00 bits per heavy atom. The highest BCUT2D eigenvalue weighted by atomic mass is 79.9. The lowest BCUT2D eigenvalue weighted by molar-refractivity contribution is 1.19. The first-order valence-corrected chi connectivity index (χ1v) is 7.96. The van der Waals surface area contributed by atoms with Gasteiger partial charge in [-0.1, -0.05) is 28.1 Å². The van der Waals surface area contributed by atoms with Crippen LogP contribution >= 0.6 is 15.9 Å². The molecule has 2 aromatic heterocycles. The number of aromatic amines is 1. The highest BCUT2D eigenvalue weighted by molar-refractivity contribution is 9.10. The van der Waals surface area contributed by atoms with Gasteiger partial charge in [-0.3, -0.25) is 0 Å². The number of fused-ring (bicyclic) bond motifs is 1. The number of anilines is 1. The van der Waals surface area contributed by atoms with Crippen molar-refractivity contribution in [3.8, 4) is 22.4 Å². The molecule has 0 atom stereocenters. The smallest absolute Gasteiger partial charge is 0.220 e. The molecule has 0 amide bonds. The maximum Gasteiger partial charge on any atom is 0.220 e. The number of hydrogen-bond acceptors (Lipinski definition) is 3. The van der Waals surface area contributed by atoms with Gasteiger partial charge in [-0.15, -0.1) is 0 Å². The molecule has 5 heteroatoms. The van der Waals surface area contributed by atoms with Crippen LogP contribution in [0.5, 0.6) is 0 Å². The summed E-state index contributed by atoms with van der Waals surface area (Å²) in [6, 6.07) is 16.5. The first-order chi connectivity index (χ1) is 11.2. The lowest BCUT2D eigenvalue weighted by Crippen LogP contribution is -1.95. The SMILES string of the molecule is Nc1nccc(-c2cc(Br)cc(-c3cccc4[nH]ccc34)c2)n1. The van der Waals surface area contributed by atoms with E-state index in [1.807, 2.05) is 18.3 Å². The van der Waals surface area contributed by atoms with Gasteiger partial charge in [0.05, 0.1) is 5.69 Å². The minimum absolute atomic E-state index is 0.275. The molecule has 112 valence electrons. The molecule has 4 aromatic rings. The first-order valence-electron chi connectivity index (χ1n) is 7.17. The van der Waals surface area contributed by atoms with Crippen molar-refractivity contribution in [3.05, 3.63) is 65.4 Å². The summed E-state index contributed by atoms with van der Waals surface area (Å²) >= 11 is 3.60. The van der Waals surface area contributed by atoms with Gasteiger partial charge >= 0.3 is 0 Å². The standard InChI is InChI=1S/C18H13BrN4/c19-13-9-11(14-2-1-3-17-15(14)4-6-21-17)8-12(10-13)16-5-7-22-18(20)23-16/h1-10,21H,(H2,20,22,23). The number of benzene rings is 2. The molecule has 3 N–H and O–H groups in total. The zero-order valence-electron chi connectivity index (χ0n) is 12.1. The zero-order chi connectivity index (χ0) is 15.8. The second-order valence-corrected chi connectivity index (χ2v) is 6.19. The van der Waals surface area contributed by atoms with E-state index in [1.54, 1.807) is 6.20 Å². The van der Waals surface area contributed by atoms with Crippen molar-refractivity contribution in [1.29, 1.82) is 0 Å². The number of aromatic nitrogens is 3. The summed E-state index contributed by atoms with van der Waals surface area (Å²) in [5, 5.41) is 1.19. The summed E-state index contributed by atoms with van der Waals surface area (Å²) in [6.07, 6.45) is 3.63. The number of H-pyrrole nitrogens is 1. The van der Waals surface area contributed by atoms with Crippen molar-refractivity contribution in [2.75, 3.05) is 5.73 Å². The Morgan fingerprint density at radius 2 is 1.87 bits per heavy atom. The summed E-state index contributed by atoms with van der Waals surface area (Å²) in [6.45, 7) is 0. The van der Waals surface area contributed by atoms with Gasteiger partial charge < -0.3 is 10.7 Å². The van der Waals surface area contributed by atoms with Crippen LogP contribution in [-0.4, -0.2) is 15.0 Å². The molecule has 2 heterocycles. The molecule has 0 spiro atoms. The lowest BCUT2D eigenvalue weighted by Gasteiger charge is -2.09. The van der Waals surface area contributed by atoms with Crippen LogP contribution in [0, 0.1) is 0 Å². The molecule has 0 aliphatic heterocycles. The average molecular weight is 365 g/mol. The van der Waals surface area contributed by atoms with Crippen LogP contribution in [0.15, 0.2) is 65.4 Å². The predicted octanol–water partition coefficient (Wildman–Crippen LogP) is 4.64. The Kier molecular flexibility index (Phi) is 3.35. The number of halogens is 1. The van der Waals surface area contributed by atoms with E-state index < -0.39 is 0 Å². The summed E-state index contributed by atoms with van der Waals surface area (Å²) < 4.78 is 0.995. The number of nitrogens with one attached hydrogen (secondary N) is 1. The second-order valence-electron chi connectivity index (χ2n) is 5.27. The van der Waals surface area contributed by atoms with Gasteiger partial charge in [0.1, 0.15) is 0 Å². The van der Waals surface area contributed by atoms with E-state index in [0.717, 1.165) is 26.8 Å². The second kappa shape index (κ2) is 5.52. The third-order valence-corrected chi connectivity index (χ3v) is 4.23. The van der Waals surface area contributed by atoms with Crippen LogP contribution in [0.3, 0.4) is 0 Å². The van der Waals surface area contributed by atoms with E-state index in [9.17, 15) is 0 Å². The Hall–Kier alpha value is -2.66. The molecule has 0 saturated carbocycles. The maximum absolute atomic E-state index is 5.71. The van der Waals surface area contributed by atoms with Crippen LogP contribution in [0.1, 0.15) is 0 Å². The number of rotatable bonds is 2. The largest absolute Gasteiger partial charge is 0.368 e. The minimum Gasteiger partial charge on any atom is -0.368 e. The molecule has 0 aliphatic rings. The van der Waals surface area contributed by atoms with Crippen molar-refractivity contribution >= 4 is 32.8 Å². The molecular formula is C18H13BrN4. The zero-order valence-corrected chi connectivity index (χ0v) is 13.7. The Labute approximate surface area is 141 Å². The molecule has 0 fully saturated rings. The molecular weight excluding hydrogens is 352 g/mol. The van der Waals surface area contributed by atoms with E-state index >= 15 is 0 Å². The molecule has 0 unspecified atom stereocenters. The van der Waals surface area contributed by atoms with E-state index in [0.29, 0.717) is 0 Å². The quantitative estimate of drug-likeness (QED) is 0.544. The van der Waals surface area contributed by atoms with E-state index in [4.69, 9.17) is 5.73 Å². The summed E-state index contributed by atoms with van der Waals surface area (Å²) in [5.41, 5.74) is 10.9. The van der Waals surface area contributed by atoms with Crippen molar-refractivity contribution in [2.24, 2.45) is 0 Å². The van der Waals surface area contributed by atoms with E-state index in [-0.39, 0.29) is 5.95 Å². The van der Waals surface area contributed by atoms with Crippen molar-refractivity contribution in [1.82, 2.24) is 15.0 Å². The van der Waals surface area contributed by atoms with Crippen LogP contribution in [0.2, 0.25) is 0 Å². The van der Waals surface area contributed by atoms with Crippen molar-refractivity contribution < 1.29 is 0 Å². The highest BCUT2D eigenvalue weighted by Crippen LogP contribution is 2.33. The van der Waals surface area contributed by atoms with Crippen LogP contribution < -0.4 is 5.73 Å². The molecule has 0 bridgehead atoms. The predicted molar refractivity (Wildman–Crippen MR) is 96.9 cm³/mol. The van der Waals surface area contributed by atoms with Crippen LogP contribution in [0.25, 0.3) is 33.3 Å². The topological polar surface area (TPSA) is 67.6 Å². The fraction of sp³-hybridized carbons (Fsp3) is 0. The molecule has 0 radical (unpaired) electrons. The van der Waals surface area contributed by atoms with E-state index in [2.05, 4.69) is 67.3 Å². The van der Waals surface area contributed by atoms with Gasteiger partial charge in [-0.25, -0.2) is 9.97 Å². The number of hydrogen-bond donors (Lipinski definition) is 2. The third kappa shape index (κ3) is 2.59. The van der Waals surface area contributed by atoms with Crippen LogP contribution in [0.4, 0.5) is 5.95 Å². The number of nitrogens with two attached hydrogens (primary N) is 1. The number of nitrogens with zero attached hydrogens (tertiary/aromatic N) is 2. The van der Waals surface area contributed by atoms with Crippen molar-refractivity contribution in [2.45, 2.75) is 0 Å². The molecule has 4 rings (SSSR count). The molecule has 23 heavy (non-hydrogen) atoms. The normalized spacial score (nSPS) is 11.0. The van der Waals surface area contributed by atoms with Gasteiger partial charge in [-0.05, 0) is 47.5 Å². The lowest BCUT2D eigenvalue weighted by atomic mass is 9.99. The average Bonchev–Trinajstić information content (AvgIpc) is 3.03. The fourth-order valence-electron chi connectivity index (χ4n) is 2.76. The Balaban J connectivity index is 1.92. The molecule has 2 aromatic carbocycles. The maximum atomic E-state index is 5.71. The van der Waals surface area contributed by atoms with Gasteiger partial charge in [-0.2, -0.15) is 0 Å². The van der Waals surface area contributed by atoms with E-state index in [1.165, 1.54) is 10.9 Å². The summed E-state index contributed by atoms with van der Waals surface area (Å²) in [7, 11) is 0. The minimum atomic E-state index is 0.275. The summed E-state index contributed by atoms with van der Waals surface area (Å²) in [4.78, 5) is 11.5. The first kappa shape index (κ1) is 14.0. The molecule has 0 saturated heterocycles. The van der Waals surface area contributed by atoms with Gasteiger partial charge in [0, 0.05) is 33.3 Å². The van der Waals surface area contributed by atoms with Crippen LogP contribution in [-0.2, 0) is 0 Å². The number of nitrogen functional groups attached to an aromatic ring is 1. The van der Waals surface area contributed by atoms with Crippen molar-refractivity contribution in [3.63, 3.8) is 0 Å².